The fraction of sp³-hybridized carbons (Fsp3) is 0.500. The molecule has 2 aliphatic rings. The second kappa shape index (κ2) is 6.17. The van der Waals surface area contributed by atoms with Crippen LogP contribution in [-0.2, 0) is 0 Å². The van der Waals surface area contributed by atoms with E-state index < -0.39 is 0 Å². The van der Waals surface area contributed by atoms with Crippen LogP contribution in [0.4, 0.5) is 5.95 Å². The first-order valence-electron chi connectivity index (χ1n) is 8.96. The molecule has 0 N–H and O–H groups in total. The van der Waals surface area contributed by atoms with Crippen LogP contribution in [0, 0.1) is 11.8 Å². The van der Waals surface area contributed by atoms with E-state index in [0.29, 0.717) is 23.8 Å². The Morgan fingerprint density at radius 1 is 1.04 bits per heavy atom. The molecule has 1 aromatic heterocycles. The molecule has 126 valence electrons. The largest absolute Gasteiger partial charge is 0.340 e. The van der Waals surface area contributed by atoms with Gasteiger partial charge in [0.1, 0.15) is 0 Å². The SMILES string of the molecule is CC(C)c1ccnc(N2C[C@@H]3CN(C)[C@@H](c4ccccc4)[C@@H]3C2)n1. The first-order valence-corrected chi connectivity index (χ1v) is 8.96. The van der Waals surface area contributed by atoms with Crippen molar-refractivity contribution < 1.29 is 0 Å². The summed E-state index contributed by atoms with van der Waals surface area (Å²) >= 11 is 0. The Kier molecular flexibility index (Phi) is 4.01. The van der Waals surface area contributed by atoms with Gasteiger partial charge in [0, 0.05) is 43.5 Å². The smallest absolute Gasteiger partial charge is 0.225 e. The highest BCUT2D eigenvalue weighted by atomic mass is 15.3. The number of aromatic nitrogens is 2. The van der Waals surface area contributed by atoms with Crippen LogP contribution in [0.15, 0.2) is 42.6 Å². The number of hydrogen-bond donors (Lipinski definition) is 0. The van der Waals surface area contributed by atoms with Crippen molar-refractivity contribution in [3.63, 3.8) is 0 Å². The fourth-order valence-corrected chi connectivity index (χ4v) is 4.41. The number of anilines is 1. The van der Waals surface area contributed by atoms with Crippen LogP contribution in [0.25, 0.3) is 0 Å². The van der Waals surface area contributed by atoms with Crippen molar-refractivity contribution >= 4 is 5.95 Å². The third kappa shape index (κ3) is 2.69. The molecule has 0 unspecified atom stereocenters. The minimum Gasteiger partial charge on any atom is -0.340 e. The van der Waals surface area contributed by atoms with Crippen LogP contribution in [0.5, 0.6) is 0 Å². The van der Waals surface area contributed by atoms with Crippen molar-refractivity contribution in [1.29, 1.82) is 0 Å². The van der Waals surface area contributed by atoms with Gasteiger partial charge in [0.2, 0.25) is 5.95 Å². The van der Waals surface area contributed by atoms with E-state index in [1.54, 1.807) is 0 Å². The molecule has 4 heteroatoms. The van der Waals surface area contributed by atoms with Crippen LogP contribution in [0.1, 0.15) is 37.1 Å². The lowest BCUT2D eigenvalue weighted by Gasteiger charge is -2.27. The van der Waals surface area contributed by atoms with Gasteiger partial charge in [-0.1, -0.05) is 44.2 Å². The van der Waals surface area contributed by atoms with Gasteiger partial charge < -0.3 is 4.90 Å². The summed E-state index contributed by atoms with van der Waals surface area (Å²) < 4.78 is 0. The molecule has 0 saturated carbocycles. The zero-order valence-corrected chi connectivity index (χ0v) is 14.8. The summed E-state index contributed by atoms with van der Waals surface area (Å²) in [4.78, 5) is 14.3. The Morgan fingerprint density at radius 3 is 2.58 bits per heavy atom. The number of benzene rings is 1. The third-order valence-corrected chi connectivity index (χ3v) is 5.57. The van der Waals surface area contributed by atoms with E-state index in [0.717, 1.165) is 31.3 Å². The van der Waals surface area contributed by atoms with Gasteiger partial charge in [-0.15, -0.1) is 0 Å². The van der Waals surface area contributed by atoms with Gasteiger partial charge in [0.15, 0.2) is 0 Å². The van der Waals surface area contributed by atoms with Gasteiger partial charge in [-0.05, 0) is 30.5 Å². The Hall–Kier alpha value is -1.94. The topological polar surface area (TPSA) is 32.3 Å². The molecule has 0 aliphatic carbocycles. The maximum Gasteiger partial charge on any atom is 0.225 e. The van der Waals surface area contributed by atoms with Crippen LogP contribution < -0.4 is 4.90 Å². The maximum absolute atomic E-state index is 4.80. The highest BCUT2D eigenvalue weighted by molar-refractivity contribution is 5.35. The summed E-state index contributed by atoms with van der Waals surface area (Å²) in [7, 11) is 2.26. The highest BCUT2D eigenvalue weighted by Gasteiger charge is 2.46. The highest BCUT2D eigenvalue weighted by Crippen LogP contribution is 2.44. The first kappa shape index (κ1) is 15.6. The van der Waals surface area contributed by atoms with Gasteiger partial charge in [0.25, 0.3) is 0 Å². The van der Waals surface area contributed by atoms with Crippen molar-refractivity contribution in [2.75, 3.05) is 31.6 Å². The first-order chi connectivity index (χ1) is 11.6. The number of rotatable bonds is 3. The number of fused-ring (bicyclic) bond motifs is 1. The summed E-state index contributed by atoms with van der Waals surface area (Å²) in [5.74, 6) is 2.71. The summed E-state index contributed by atoms with van der Waals surface area (Å²) in [6.07, 6.45) is 1.91. The molecule has 24 heavy (non-hydrogen) atoms. The van der Waals surface area contributed by atoms with Gasteiger partial charge in [-0.25, -0.2) is 9.97 Å². The summed E-state index contributed by atoms with van der Waals surface area (Å²) in [5, 5.41) is 0. The van der Waals surface area contributed by atoms with E-state index in [9.17, 15) is 0 Å². The number of nitrogens with zero attached hydrogens (tertiary/aromatic N) is 4. The van der Waals surface area contributed by atoms with Crippen molar-refractivity contribution in [2.24, 2.45) is 11.8 Å². The van der Waals surface area contributed by atoms with E-state index >= 15 is 0 Å². The fourth-order valence-electron chi connectivity index (χ4n) is 4.41. The van der Waals surface area contributed by atoms with Gasteiger partial charge >= 0.3 is 0 Å². The van der Waals surface area contributed by atoms with Gasteiger partial charge in [-0.3, -0.25) is 4.90 Å². The molecular formula is C20H26N4. The summed E-state index contributed by atoms with van der Waals surface area (Å²) in [6, 6.07) is 13.5. The Labute approximate surface area is 144 Å². The lowest BCUT2D eigenvalue weighted by atomic mass is 9.90. The molecule has 2 fully saturated rings. The molecule has 2 saturated heterocycles. The van der Waals surface area contributed by atoms with E-state index in [-0.39, 0.29) is 0 Å². The quantitative estimate of drug-likeness (QED) is 0.867. The average Bonchev–Trinajstić information content (AvgIpc) is 3.12. The average molecular weight is 322 g/mol. The molecular weight excluding hydrogens is 296 g/mol. The maximum atomic E-state index is 4.80. The molecule has 4 rings (SSSR count). The van der Waals surface area contributed by atoms with E-state index in [1.165, 1.54) is 5.56 Å². The van der Waals surface area contributed by atoms with Crippen molar-refractivity contribution in [3.8, 4) is 0 Å². The summed E-state index contributed by atoms with van der Waals surface area (Å²) in [5.41, 5.74) is 2.57. The Balaban J connectivity index is 1.57. The molecule has 2 aromatic rings. The van der Waals surface area contributed by atoms with E-state index in [2.05, 4.69) is 66.0 Å². The number of hydrogen-bond acceptors (Lipinski definition) is 4. The predicted octanol–water partition coefficient (Wildman–Crippen LogP) is 3.34. The van der Waals surface area contributed by atoms with Crippen LogP contribution in [0.2, 0.25) is 0 Å². The number of likely N-dealkylation sites (tertiary alicyclic amines) is 1. The normalized spacial score (nSPS) is 27.0. The molecule has 0 radical (unpaired) electrons. The lowest BCUT2D eigenvalue weighted by molar-refractivity contribution is 0.279. The van der Waals surface area contributed by atoms with Crippen molar-refractivity contribution in [3.05, 3.63) is 53.9 Å². The predicted molar refractivity (Wildman–Crippen MR) is 97.1 cm³/mol. The molecule has 1 aromatic carbocycles. The summed E-state index contributed by atoms with van der Waals surface area (Å²) in [6.45, 7) is 7.65. The standard InChI is InChI=1S/C20H26N4/c1-14(2)18-9-10-21-20(22-18)24-12-16-11-23(3)19(17(16)13-24)15-7-5-4-6-8-15/h4-10,14,16-17,19H,11-13H2,1-3H3/t16-,17+,19-/m0/s1. The van der Waals surface area contributed by atoms with Crippen LogP contribution >= 0.6 is 0 Å². The van der Waals surface area contributed by atoms with Crippen molar-refractivity contribution in [1.82, 2.24) is 14.9 Å². The van der Waals surface area contributed by atoms with Gasteiger partial charge in [0.05, 0.1) is 0 Å². The zero-order chi connectivity index (χ0) is 16.7. The van der Waals surface area contributed by atoms with Crippen LogP contribution in [-0.4, -0.2) is 41.5 Å². The minimum absolute atomic E-state index is 0.442. The Morgan fingerprint density at radius 2 is 1.83 bits per heavy atom. The third-order valence-electron chi connectivity index (χ3n) is 5.57. The molecule has 0 amide bonds. The lowest BCUT2D eigenvalue weighted by Crippen LogP contribution is -2.30. The van der Waals surface area contributed by atoms with E-state index in [4.69, 9.17) is 4.98 Å². The Bertz CT molecular complexity index is 700. The molecule has 0 bridgehead atoms. The second-order valence-corrected chi connectivity index (χ2v) is 7.56. The molecule has 3 heterocycles. The van der Waals surface area contributed by atoms with E-state index in [1.807, 2.05) is 12.3 Å². The molecule has 4 nitrogen and oxygen atoms in total. The molecule has 0 spiro atoms. The zero-order valence-electron chi connectivity index (χ0n) is 14.8. The molecule has 2 aliphatic heterocycles. The molecule has 3 atom stereocenters. The van der Waals surface area contributed by atoms with Crippen LogP contribution in [0.3, 0.4) is 0 Å². The van der Waals surface area contributed by atoms with Gasteiger partial charge in [-0.2, -0.15) is 0 Å². The monoisotopic (exact) mass is 322 g/mol. The second-order valence-electron chi connectivity index (χ2n) is 7.56. The minimum atomic E-state index is 0.442. The van der Waals surface area contributed by atoms with Crippen molar-refractivity contribution in [2.45, 2.75) is 25.8 Å².